The fraction of sp³-hybridized carbons (Fsp3) is 0.615. The van der Waals surface area contributed by atoms with Gasteiger partial charge >= 0.3 is 0 Å². The molecule has 1 aliphatic heterocycles. The normalized spacial score (nSPS) is 20.6. The van der Waals surface area contributed by atoms with Crippen molar-refractivity contribution < 1.29 is 9.53 Å². The Morgan fingerprint density at radius 1 is 1.60 bits per heavy atom. The van der Waals surface area contributed by atoms with Crippen LogP contribution in [0.2, 0.25) is 0 Å². The molecular formula is C13H19ClN4O2. The highest BCUT2D eigenvalue weighted by Crippen LogP contribution is 2.22. The summed E-state index contributed by atoms with van der Waals surface area (Å²) < 4.78 is 5.71. The number of hydrogen-bond acceptors (Lipinski definition) is 5. The minimum atomic E-state index is -0.517. The standard InChI is InChI=1S/C13H19ClN4O2/c1-9(14)12(19)18-6-7-20-11(8-18)10-4-5-15-13(16-10)17(2)3/h4-5,9,11H,6-8H2,1-3H3. The molecule has 1 aromatic rings. The van der Waals surface area contributed by atoms with Crippen LogP contribution in [0.5, 0.6) is 0 Å². The third kappa shape index (κ3) is 3.37. The molecule has 1 fully saturated rings. The summed E-state index contributed by atoms with van der Waals surface area (Å²) in [6.45, 7) is 3.21. The van der Waals surface area contributed by atoms with E-state index in [-0.39, 0.29) is 12.0 Å². The summed E-state index contributed by atoms with van der Waals surface area (Å²) in [5, 5.41) is -0.517. The van der Waals surface area contributed by atoms with Crippen molar-refractivity contribution in [2.75, 3.05) is 38.7 Å². The van der Waals surface area contributed by atoms with Crippen LogP contribution in [0.3, 0.4) is 0 Å². The highest BCUT2D eigenvalue weighted by molar-refractivity contribution is 6.30. The van der Waals surface area contributed by atoms with Crippen molar-refractivity contribution in [3.63, 3.8) is 0 Å². The zero-order chi connectivity index (χ0) is 14.7. The lowest BCUT2D eigenvalue weighted by Gasteiger charge is -2.33. The molecule has 0 aliphatic carbocycles. The molecule has 20 heavy (non-hydrogen) atoms. The predicted octanol–water partition coefficient (Wildman–Crippen LogP) is 1.07. The van der Waals surface area contributed by atoms with Gasteiger partial charge in [0.05, 0.1) is 18.8 Å². The van der Waals surface area contributed by atoms with Gasteiger partial charge in [-0.05, 0) is 13.0 Å². The molecule has 110 valence electrons. The Hall–Kier alpha value is -1.40. The van der Waals surface area contributed by atoms with Gasteiger partial charge in [0.1, 0.15) is 11.5 Å². The van der Waals surface area contributed by atoms with Crippen molar-refractivity contribution in [2.24, 2.45) is 0 Å². The molecule has 7 heteroatoms. The Morgan fingerprint density at radius 3 is 3.00 bits per heavy atom. The maximum atomic E-state index is 11.9. The van der Waals surface area contributed by atoms with Crippen molar-refractivity contribution in [3.8, 4) is 0 Å². The first-order valence-corrected chi connectivity index (χ1v) is 6.97. The van der Waals surface area contributed by atoms with Crippen LogP contribution < -0.4 is 4.90 Å². The molecule has 0 radical (unpaired) electrons. The van der Waals surface area contributed by atoms with Crippen molar-refractivity contribution in [1.82, 2.24) is 14.9 Å². The van der Waals surface area contributed by atoms with Crippen molar-refractivity contribution in [1.29, 1.82) is 0 Å². The number of alkyl halides is 1. The van der Waals surface area contributed by atoms with Crippen molar-refractivity contribution in [3.05, 3.63) is 18.0 Å². The van der Waals surface area contributed by atoms with E-state index in [0.717, 1.165) is 5.69 Å². The number of aromatic nitrogens is 2. The molecule has 0 spiro atoms. The maximum Gasteiger partial charge on any atom is 0.240 e. The van der Waals surface area contributed by atoms with E-state index in [4.69, 9.17) is 16.3 Å². The molecule has 1 amide bonds. The third-order valence-electron chi connectivity index (χ3n) is 3.11. The first-order valence-electron chi connectivity index (χ1n) is 6.53. The Kier molecular flexibility index (Phi) is 4.77. The maximum absolute atomic E-state index is 11.9. The second-order valence-electron chi connectivity index (χ2n) is 4.94. The van der Waals surface area contributed by atoms with Crippen LogP contribution in [0.15, 0.2) is 12.3 Å². The van der Waals surface area contributed by atoms with Crippen molar-refractivity contribution in [2.45, 2.75) is 18.4 Å². The van der Waals surface area contributed by atoms with E-state index < -0.39 is 5.38 Å². The zero-order valence-corrected chi connectivity index (χ0v) is 12.7. The van der Waals surface area contributed by atoms with E-state index in [1.807, 2.05) is 25.1 Å². The van der Waals surface area contributed by atoms with Gasteiger partial charge in [-0.25, -0.2) is 9.97 Å². The molecular weight excluding hydrogens is 280 g/mol. The lowest BCUT2D eigenvalue weighted by molar-refractivity contribution is -0.138. The Balaban J connectivity index is 2.12. The summed E-state index contributed by atoms with van der Waals surface area (Å²) in [5.74, 6) is 0.558. The summed E-state index contributed by atoms with van der Waals surface area (Å²) in [5.41, 5.74) is 0.781. The quantitative estimate of drug-likeness (QED) is 0.781. The van der Waals surface area contributed by atoms with E-state index in [2.05, 4.69) is 9.97 Å². The van der Waals surface area contributed by atoms with Gasteiger partial charge in [-0.2, -0.15) is 0 Å². The van der Waals surface area contributed by atoms with Crippen molar-refractivity contribution >= 4 is 23.5 Å². The molecule has 2 atom stereocenters. The molecule has 2 unspecified atom stereocenters. The number of carbonyl (C=O) groups is 1. The van der Waals surface area contributed by atoms with E-state index in [1.54, 1.807) is 18.0 Å². The summed E-state index contributed by atoms with van der Waals surface area (Å²) in [4.78, 5) is 24.1. The largest absolute Gasteiger partial charge is 0.368 e. The molecule has 0 saturated carbocycles. The van der Waals surface area contributed by atoms with Gasteiger partial charge in [-0.3, -0.25) is 4.79 Å². The Morgan fingerprint density at radius 2 is 2.35 bits per heavy atom. The van der Waals surface area contributed by atoms with E-state index in [0.29, 0.717) is 25.6 Å². The number of halogens is 1. The number of hydrogen-bond donors (Lipinski definition) is 0. The van der Waals surface area contributed by atoms with Gasteiger partial charge < -0.3 is 14.5 Å². The molecule has 1 aliphatic rings. The first-order chi connectivity index (χ1) is 9.49. The lowest BCUT2D eigenvalue weighted by Crippen LogP contribution is -2.45. The monoisotopic (exact) mass is 298 g/mol. The minimum Gasteiger partial charge on any atom is -0.368 e. The molecule has 2 heterocycles. The van der Waals surface area contributed by atoms with Gasteiger partial charge in [-0.15, -0.1) is 11.6 Å². The SMILES string of the molecule is CC(Cl)C(=O)N1CCOC(c2ccnc(N(C)C)n2)C1. The second-order valence-corrected chi connectivity index (χ2v) is 5.59. The molecule has 0 N–H and O–H groups in total. The van der Waals surface area contributed by atoms with Gasteiger partial charge in [-0.1, -0.05) is 0 Å². The number of morpholine rings is 1. The van der Waals surface area contributed by atoms with E-state index >= 15 is 0 Å². The topological polar surface area (TPSA) is 58.6 Å². The van der Waals surface area contributed by atoms with Crippen LogP contribution in [0, 0.1) is 0 Å². The molecule has 0 aromatic carbocycles. The number of carbonyl (C=O) groups excluding carboxylic acids is 1. The zero-order valence-electron chi connectivity index (χ0n) is 11.9. The number of rotatable bonds is 3. The Labute approximate surface area is 123 Å². The van der Waals surface area contributed by atoms with E-state index in [9.17, 15) is 4.79 Å². The molecule has 6 nitrogen and oxygen atoms in total. The highest BCUT2D eigenvalue weighted by atomic mass is 35.5. The lowest BCUT2D eigenvalue weighted by atomic mass is 10.2. The molecule has 1 saturated heterocycles. The number of amides is 1. The van der Waals surface area contributed by atoms with Crippen LogP contribution in [-0.2, 0) is 9.53 Å². The third-order valence-corrected chi connectivity index (χ3v) is 3.30. The summed E-state index contributed by atoms with van der Waals surface area (Å²) in [6.07, 6.45) is 1.47. The Bertz CT molecular complexity index is 481. The second kappa shape index (κ2) is 6.37. The van der Waals surface area contributed by atoms with E-state index in [1.165, 1.54) is 0 Å². The van der Waals surface area contributed by atoms with Crippen LogP contribution in [-0.4, -0.2) is 59.9 Å². The fourth-order valence-corrected chi connectivity index (χ4v) is 2.17. The number of anilines is 1. The average Bonchev–Trinajstić information content (AvgIpc) is 2.46. The smallest absolute Gasteiger partial charge is 0.240 e. The fourth-order valence-electron chi connectivity index (χ4n) is 2.04. The van der Waals surface area contributed by atoms with Gasteiger partial charge in [0, 0.05) is 26.8 Å². The van der Waals surface area contributed by atoms with Crippen LogP contribution in [0.25, 0.3) is 0 Å². The number of nitrogens with zero attached hydrogens (tertiary/aromatic N) is 4. The highest BCUT2D eigenvalue weighted by Gasteiger charge is 2.28. The first kappa shape index (κ1) is 15.0. The van der Waals surface area contributed by atoms with Crippen LogP contribution >= 0.6 is 11.6 Å². The van der Waals surface area contributed by atoms with Gasteiger partial charge in [0.2, 0.25) is 11.9 Å². The van der Waals surface area contributed by atoms with Crippen LogP contribution in [0.1, 0.15) is 18.7 Å². The number of ether oxygens (including phenoxy) is 1. The summed E-state index contributed by atoms with van der Waals surface area (Å²) >= 11 is 5.86. The molecule has 2 rings (SSSR count). The van der Waals surface area contributed by atoms with Gasteiger partial charge in [0.15, 0.2) is 0 Å². The molecule has 1 aromatic heterocycles. The molecule has 0 bridgehead atoms. The average molecular weight is 299 g/mol. The van der Waals surface area contributed by atoms with Gasteiger partial charge in [0.25, 0.3) is 0 Å². The summed E-state index contributed by atoms with van der Waals surface area (Å²) in [6, 6.07) is 1.82. The summed E-state index contributed by atoms with van der Waals surface area (Å²) in [7, 11) is 3.76. The van der Waals surface area contributed by atoms with Crippen LogP contribution in [0.4, 0.5) is 5.95 Å². The minimum absolute atomic E-state index is 0.0677. The predicted molar refractivity (Wildman–Crippen MR) is 76.9 cm³/mol.